The number of epoxide rings is 1. The van der Waals surface area contributed by atoms with Gasteiger partial charge < -0.3 is 14.7 Å². The van der Waals surface area contributed by atoms with Crippen LogP contribution in [0.3, 0.4) is 0 Å². The van der Waals surface area contributed by atoms with Crippen LogP contribution in [0.25, 0.3) is 0 Å². The summed E-state index contributed by atoms with van der Waals surface area (Å²) < 4.78 is 34.0. The second kappa shape index (κ2) is 10.6. The number of rotatable bonds is 5. The summed E-state index contributed by atoms with van der Waals surface area (Å²) in [7, 11) is 6.60. The van der Waals surface area contributed by atoms with E-state index in [2.05, 4.69) is 74.1 Å². The molecule has 0 spiro atoms. The van der Waals surface area contributed by atoms with Gasteiger partial charge in [-0.15, -0.1) is 0 Å². The molecular formula is C25H26F2INO3. The minimum atomic E-state index is -1.30. The van der Waals surface area contributed by atoms with Gasteiger partial charge in [0.25, 0.3) is 0 Å². The molecule has 7 heteroatoms. The van der Waals surface area contributed by atoms with E-state index in [1.54, 1.807) is 24.3 Å². The minimum absolute atomic E-state index is 0. The maximum atomic E-state index is 13.9. The molecule has 0 aliphatic carbocycles. The molecule has 1 aliphatic rings. The van der Waals surface area contributed by atoms with Crippen molar-refractivity contribution in [1.82, 2.24) is 0 Å². The van der Waals surface area contributed by atoms with Gasteiger partial charge in [0.15, 0.2) is 5.60 Å². The monoisotopic (exact) mass is 553 g/mol. The Morgan fingerprint density at radius 2 is 1.59 bits per heavy atom. The number of ether oxygens (including phenoxy) is 1. The van der Waals surface area contributed by atoms with Crippen LogP contribution in [0.2, 0.25) is 0 Å². The first-order chi connectivity index (χ1) is 14.6. The van der Waals surface area contributed by atoms with Gasteiger partial charge in [0.2, 0.25) is 5.78 Å². The molecule has 1 fully saturated rings. The van der Waals surface area contributed by atoms with Gasteiger partial charge in [0.1, 0.15) is 18.2 Å². The van der Waals surface area contributed by atoms with Crippen LogP contribution in [-0.2, 0) is 16.9 Å². The molecule has 1 saturated heterocycles. The number of hydrogen-bond donors (Lipinski definition) is 0. The average Bonchev–Trinajstić information content (AvgIpc) is 3.50. The zero-order valence-electron chi connectivity index (χ0n) is 18.2. The normalized spacial score (nSPS) is 16.9. The van der Waals surface area contributed by atoms with E-state index in [4.69, 9.17) is 4.74 Å². The van der Waals surface area contributed by atoms with E-state index < -0.39 is 17.2 Å². The number of quaternary nitrogens is 1. The van der Waals surface area contributed by atoms with E-state index in [9.17, 15) is 13.6 Å². The van der Waals surface area contributed by atoms with Crippen molar-refractivity contribution >= 4 is 28.4 Å². The predicted molar refractivity (Wildman–Crippen MR) is 128 cm³/mol. The molecule has 170 valence electrons. The fourth-order valence-electron chi connectivity index (χ4n) is 3.26. The Balaban J connectivity index is 0.000000259. The zero-order chi connectivity index (χ0) is 22.6. The molecule has 4 rings (SSSR count). The lowest BCUT2D eigenvalue weighted by Crippen LogP contribution is -2.33. The lowest BCUT2D eigenvalue weighted by Gasteiger charge is -2.23. The Hall–Kier alpha value is -2.20. The molecular weight excluding hydrogens is 527 g/mol. The molecule has 1 N–H and O–H groups in total. The van der Waals surface area contributed by atoms with Gasteiger partial charge in [-0.25, -0.2) is 8.78 Å². The van der Waals surface area contributed by atoms with Crippen molar-refractivity contribution in [1.29, 1.82) is 0 Å². The Bertz CT molecular complexity index is 1050. The van der Waals surface area contributed by atoms with E-state index in [0.717, 1.165) is 26.7 Å². The molecule has 0 aromatic heterocycles. The second-order valence-corrected chi connectivity index (χ2v) is 9.76. The summed E-state index contributed by atoms with van der Waals surface area (Å²) >= 11 is 2.13. The van der Waals surface area contributed by atoms with Gasteiger partial charge in [-0.05, 0) is 46.9 Å². The van der Waals surface area contributed by atoms with Crippen molar-refractivity contribution in [2.24, 2.45) is 0 Å². The number of nitrogens with zero attached hydrogens (tertiary/aromatic N) is 1. The summed E-state index contributed by atoms with van der Waals surface area (Å²) in [5.41, 5.74) is 0.638. The highest BCUT2D eigenvalue weighted by molar-refractivity contribution is 14.1. The first-order valence-electron chi connectivity index (χ1n) is 9.85. The lowest BCUT2D eigenvalue weighted by atomic mass is 9.90. The molecule has 0 amide bonds. The van der Waals surface area contributed by atoms with E-state index >= 15 is 0 Å². The fourth-order valence-corrected chi connectivity index (χ4v) is 3.62. The quantitative estimate of drug-likeness (QED) is 0.184. The predicted octanol–water partition coefficient (Wildman–Crippen LogP) is 5.39. The molecule has 4 nitrogen and oxygen atoms in total. The highest BCUT2D eigenvalue weighted by atomic mass is 127. The summed E-state index contributed by atoms with van der Waals surface area (Å²) in [4.78, 5) is 12.5. The van der Waals surface area contributed by atoms with Crippen LogP contribution in [0.4, 0.5) is 8.78 Å². The standard InChI is InChI=1S/C15H9F2IO2.C10H16N.H2O/c16-10-3-6-12(13(17)7-10)15(8-20-15)14(19)9-1-4-11(18)5-2-9;1-11(2,3)9-10-7-5-4-6-8-10;/h1-7H,8H2;4-8H,9H2,1-3H3;1H2/q;+1;/p-1. The van der Waals surface area contributed by atoms with E-state index in [-0.39, 0.29) is 23.4 Å². The number of ketones is 1. The lowest BCUT2D eigenvalue weighted by molar-refractivity contribution is -0.884. The molecule has 3 aromatic rings. The van der Waals surface area contributed by atoms with Crippen LogP contribution < -0.4 is 0 Å². The molecule has 1 heterocycles. The summed E-state index contributed by atoms with van der Waals surface area (Å²) in [6.07, 6.45) is 0. The number of Topliss-reactive ketones (excluding diaryl/α,β-unsaturated/α-hetero) is 1. The molecule has 0 radical (unpaired) electrons. The summed E-state index contributed by atoms with van der Waals surface area (Å²) in [6, 6.07) is 20.7. The third-order valence-corrected chi connectivity index (χ3v) is 5.49. The van der Waals surface area contributed by atoms with E-state index in [0.29, 0.717) is 5.56 Å². The molecule has 0 saturated carbocycles. The minimum Gasteiger partial charge on any atom is -0.870 e. The number of hydrogen-bond acceptors (Lipinski definition) is 3. The van der Waals surface area contributed by atoms with Crippen molar-refractivity contribution in [3.8, 4) is 0 Å². The average molecular weight is 553 g/mol. The molecule has 3 aromatic carbocycles. The largest absolute Gasteiger partial charge is 0.870 e. The first-order valence-corrected chi connectivity index (χ1v) is 10.9. The smallest absolute Gasteiger partial charge is 0.201 e. The van der Waals surface area contributed by atoms with Gasteiger partial charge in [-0.1, -0.05) is 42.5 Å². The van der Waals surface area contributed by atoms with Crippen molar-refractivity contribution in [2.45, 2.75) is 12.1 Å². The third kappa shape index (κ3) is 6.65. The number of carbonyl (C=O) groups excluding carboxylic acids is 1. The SMILES string of the molecule is C[N+](C)(C)Cc1ccccc1.O=C(c1ccc(I)cc1)C1(c2ccc(F)cc2F)CO1.[OH-]. The molecule has 32 heavy (non-hydrogen) atoms. The Morgan fingerprint density at radius 3 is 2.09 bits per heavy atom. The number of benzene rings is 3. The summed E-state index contributed by atoms with van der Waals surface area (Å²) in [5.74, 6) is -1.75. The summed E-state index contributed by atoms with van der Waals surface area (Å²) in [6.45, 7) is 1.21. The molecule has 1 atom stereocenters. The van der Waals surface area contributed by atoms with E-state index in [1.165, 1.54) is 11.6 Å². The number of halogens is 3. The Labute approximate surface area is 200 Å². The fraction of sp³-hybridized carbons (Fsp3) is 0.240. The van der Waals surface area contributed by atoms with Crippen LogP contribution in [0.1, 0.15) is 21.5 Å². The van der Waals surface area contributed by atoms with Gasteiger partial charge in [0, 0.05) is 26.3 Å². The van der Waals surface area contributed by atoms with Crippen molar-refractivity contribution in [3.05, 3.63) is 105 Å². The topological polar surface area (TPSA) is 59.6 Å². The third-order valence-electron chi connectivity index (χ3n) is 4.77. The maximum absolute atomic E-state index is 13.9. The van der Waals surface area contributed by atoms with Crippen molar-refractivity contribution in [3.63, 3.8) is 0 Å². The van der Waals surface area contributed by atoms with E-state index in [1.807, 2.05) is 0 Å². The first kappa shape index (κ1) is 26.1. The van der Waals surface area contributed by atoms with Crippen LogP contribution in [0.15, 0.2) is 72.8 Å². The maximum Gasteiger partial charge on any atom is 0.201 e. The highest BCUT2D eigenvalue weighted by Crippen LogP contribution is 2.43. The van der Waals surface area contributed by atoms with Gasteiger partial charge in [-0.3, -0.25) is 4.79 Å². The Morgan fingerprint density at radius 1 is 1.00 bits per heavy atom. The second-order valence-electron chi connectivity index (χ2n) is 8.51. The van der Waals surface area contributed by atoms with Crippen molar-refractivity contribution < 1.29 is 28.3 Å². The van der Waals surface area contributed by atoms with Gasteiger partial charge in [0.05, 0.1) is 27.7 Å². The van der Waals surface area contributed by atoms with Crippen molar-refractivity contribution in [2.75, 3.05) is 27.7 Å². The van der Waals surface area contributed by atoms with Crippen LogP contribution in [-0.4, -0.2) is 43.5 Å². The molecule has 1 aliphatic heterocycles. The molecule has 0 bridgehead atoms. The van der Waals surface area contributed by atoms with Gasteiger partial charge in [-0.2, -0.15) is 0 Å². The van der Waals surface area contributed by atoms with Crippen LogP contribution in [0, 0.1) is 15.2 Å². The number of carbonyl (C=O) groups is 1. The van der Waals surface area contributed by atoms with Crippen LogP contribution in [0.5, 0.6) is 0 Å². The van der Waals surface area contributed by atoms with Crippen LogP contribution >= 0.6 is 22.6 Å². The Kier molecular flexibility index (Phi) is 8.64. The molecule has 1 unspecified atom stereocenters. The summed E-state index contributed by atoms with van der Waals surface area (Å²) in [5, 5.41) is 0. The van der Waals surface area contributed by atoms with Gasteiger partial charge >= 0.3 is 0 Å². The highest BCUT2D eigenvalue weighted by Gasteiger charge is 2.55. The zero-order valence-corrected chi connectivity index (χ0v) is 20.3.